The number of nitrogens with zero attached hydrogens (tertiary/aromatic N) is 1. The molecule has 184 valence electrons. The summed E-state index contributed by atoms with van der Waals surface area (Å²) in [5.74, 6) is -0.929. The van der Waals surface area contributed by atoms with Crippen molar-refractivity contribution < 1.29 is 32.5 Å². The Hall–Kier alpha value is -2.78. The maximum atomic E-state index is 10.6. The highest BCUT2D eigenvalue weighted by molar-refractivity contribution is 5.73. The third kappa shape index (κ3) is 12.1. The Labute approximate surface area is 193 Å². The zero-order valence-corrected chi connectivity index (χ0v) is 19.1. The second kappa shape index (κ2) is 15.1. The van der Waals surface area contributed by atoms with Crippen molar-refractivity contribution in [1.29, 1.82) is 0 Å². The molecule has 2 rings (SSSR count). The molecule has 0 bridgehead atoms. The first kappa shape index (κ1) is 28.3. The molecule has 0 aliphatic carbocycles. The molecule has 2 aromatic carbocycles. The summed E-state index contributed by atoms with van der Waals surface area (Å²) in [5.41, 5.74) is 8.51. The molecule has 0 aliphatic rings. The largest absolute Gasteiger partial charge is 0.497 e. The normalized spacial score (nSPS) is 11.0. The molecule has 0 fully saturated rings. The van der Waals surface area contributed by atoms with E-state index in [1.165, 1.54) is 11.1 Å². The van der Waals surface area contributed by atoms with Gasteiger partial charge in [-0.05, 0) is 74.2 Å². The zero-order chi connectivity index (χ0) is 24.7. The third-order valence-electron chi connectivity index (χ3n) is 4.89. The van der Waals surface area contributed by atoms with Gasteiger partial charge in [0.1, 0.15) is 11.5 Å². The molecular weight excluding hydrogens is 437 g/mol. The Morgan fingerprint density at radius 1 is 0.848 bits per heavy atom. The number of nitrogens with two attached hydrogens (primary N) is 1. The van der Waals surface area contributed by atoms with Crippen LogP contribution in [0.4, 0.5) is 13.2 Å². The number of halogens is 3. The number of rotatable bonds is 12. The number of alkyl halides is 3. The number of carboxylic acids is 1. The van der Waals surface area contributed by atoms with Gasteiger partial charge in [0.25, 0.3) is 0 Å². The molecule has 6 nitrogen and oxygen atoms in total. The van der Waals surface area contributed by atoms with Crippen molar-refractivity contribution in [1.82, 2.24) is 4.90 Å². The number of hydrogen-bond acceptors (Lipinski definition) is 5. The highest BCUT2D eigenvalue weighted by Gasteiger charge is 2.38. The van der Waals surface area contributed by atoms with Crippen molar-refractivity contribution in [2.75, 3.05) is 40.4 Å². The Morgan fingerprint density at radius 2 is 1.21 bits per heavy atom. The lowest BCUT2D eigenvalue weighted by Gasteiger charge is -2.21. The minimum atomic E-state index is -5.08. The standard InChI is InChI=1S/C22H32N2O2.C2HF3O2/c1-25-21-11-7-19(8-12-21)5-3-16-24(18-15-23)17-4-6-20-9-13-22(26-2)14-10-20;3-2(4,5)1(6)7/h7-14H,3-6,15-18,23H2,1-2H3;(H,6,7). The molecule has 0 spiro atoms. The van der Waals surface area contributed by atoms with Crippen LogP contribution in [0.2, 0.25) is 0 Å². The summed E-state index contributed by atoms with van der Waals surface area (Å²) < 4.78 is 42.2. The van der Waals surface area contributed by atoms with Gasteiger partial charge in [0.05, 0.1) is 14.2 Å². The lowest BCUT2D eigenvalue weighted by atomic mass is 10.1. The second-order valence-electron chi connectivity index (χ2n) is 7.34. The average molecular weight is 471 g/mol. The van der Waals surface area contributed by atoms with E-state index in [1.807, 2.05) is 24.3 Å². The molecule has 0 radical (unpaired) electrons. The van der Waals surface area contributed by atoms with Crippen LogP contribution < -0.4 is 15.2 Å². The highest BCUT2D eigenvalue weighted by Crippen LogP contribution is 2.15. The van der Waals surface area contributed by atoms with Gasteiger partial charge in [0.2, 0.25) is 0 Å². The van der Waals surface area contributed by atoms with E-state index in [1.54, 1.807) is 14.2 Å². The third-order valence-corrected chi connectivity index (χ3v) is 4.89. The maximum absolute atomic E-state index is 10.6. The topological polar surface area (TPSA) is 85.0 Å². The average Bonchev–Trinajstić information content (AvgIpc) is 2.80. The van der Waals surface area contributed by atoms with Crippen molar-refractivity contribution in [3.8, 4) is 11.5 Å². The van der Waals surface area contributed by atoms with Gasteiger partial charge in [-0.1, -0.05) is 24.3 Å². The van der Waals surface area contributed by atoms with Crippen LogP contribution in [0.1, 0.15) is 24.0 Å². The predicted octanol–water partition coefficient (Wildman–Crippen LogP) is 4.16. The first-order chi connectivity index (χ1) is 15.7. The molecule has 0 saturated carbocycles. The van der Waals surface area contributed by atoms with E-state index >= 15 is 0 Å². The van der Waals surface area contributed by atoms with Crippen molar-refractivity contribution >= 4 is 5.97 Å². The van der Waals surface area contributed by atoms with Crippen LogP contribution in [0.25, 0.3) is 0 Å². The SMILES string of the molecule is COc1ccc(CCCN(CCN)CCCc2ccc(OC)cc2)cc1.O=C(O)C(F)(F)F. The molecule has 0 unspecified atom stereocenters. The van der Waals surface area contributed by atoms with Gasteiger partial charge in [-0.3, -0.25) is 0 Å². The molecule has 33 heavy (non-hydrogen) atoms. The smallest absolute Gasteiger partial charge is 0.490 e. The second-order valence-corrected chi connectivity index (χ2v) is 7.34. The molecule has 0 atom stereocenters. The van der Waals surface area contributed by atoms with Gasteiger partial charge < -0.3 is 25.2 Å². The summed E-state index contributed by atoms with van der Waals surface area (Å²) in [7, 11) is 3.40. The van der Waals surface area contributed by atoms with Gasteiger partial charge in [0.15, 0.2) is 0 Å². The maximum Gasteiger partial charge on any atom is 0.490 e. The summed E-state index contributed by atoms with van der Waals surface area (Å²) in [5, 5.41) is 7.12. The van der Waals surface area contributed by atoms with E-state index in [4.69, 9.17) is 25.1 Å². The minimum Gasteiger partial charge on any atom is -0.497 e. The molecule has 0 aliphatic heterocycles. The van der Waals surface area contributed by atoms with E-state index in [0.717, 1.165) is 56.8 Å². The van der Waals surface area contributed by atoms with Gasteiger partial charge >= 0.3 is 12.1 Å². The predicted molar refractivity (Wildman–Crippen MR) is 122 cm³/mol. The summed E-state index contributed by atoms with van der Waals surface area (Å²) >= 11 is 0. The van der Waals surface area contributed by atoms with Gasteiger partial charge in [-0.15, -0.1) is 0 Å². The van der Waals surface area contributed by atoms with E-state index in [0.29, 0.717) is 6.54 Å². The first-order valence-electron chi connectivity index (χ1n) is 10.7. The fourth-order valence-corrected chi connectivity index (χ4v) is 3.12. The molecule has 2 aromatic rings. The number of ether oxygens (including phenoxy) is 2. The van der Waals surface area contributed by atoms with Crippen molar-refractivity contribution in [2.45, 2.75) is 31.9 Å². The summed E-state index contributed by atoms with van der Waals surface area (Å²) in [6.45, 7) is 3.86. The van der Waals surface area contributed by atoms with E-state index in [9.17, 15) is 13.2 Å². The minimum absolute atomic E-state index is 0.713. The van der Waals surface area contributed by atoms with Crippen LogP contribution in [0.3, 0.4) is 0 Å². The summed E-state index contributed by atoms with van der Waals surface area (Å²) in [6, 6.07) is 16.7. The molecule has 0 saturated heterocycles. The van der Waals surface area contributed by atoms with Crippen LogP contribution in [-0.2, 0) is 17.6 Å². The number of methoxy groups -OCH3 is 2. The molecule has 3 N–H and O–H groups in total. The van der Waals surface area contributed by atoms with E-state index in [2.05, 4.69) is 29.2 Å². The molecule has 9 heteroatoms. The fourth-order valence-electron chi connectivity index (χ4n) is 3.12. The van der Waals surface area contributed by atoms with Crippen molar-refractivity contribution in [3.05, 3.63) is 59.7 Å². The lowest BCUT2D eigenvalue weighted by molar-refractivity contribution is -0.192. The first-order valence-corrected chi connectivity index (χ1v) is 10.7. The van der Waals surface area contributed by atoms with E-state index in [-0.39, 0.29) is 0 Å². The van der Waals surface area contributed by atoms with Gasteiger partial charge in [-0.25, -0.2) is 4.79 Å². The Kier molecular flexibility index (Phi) is 13.0. The van der Waals surface area contributed by atoms with Crippen molar-refractivity contribution in [2.24, 2.45) is 5.73 Å². The van der Waals surface area contributed by atoms with Crippen LogP contribution in [0.5, 0.6) is 11.5 Å². The van der Waals surface area contributed by atoms with Crippen molar-refractivity contribution in [3.63, 3.8) is 0 Å². The molecule has 0 amide bonds. The number of aryl methyl sites for hydroxylation is 2. The number of carbonyl (C=O) groups is 1. The zero-order valence-electron chi connectivity index (χ0n) is 19.1. The lowest BCUT2D eigenvalue weighted by Crippen LogP contribution is -2.31. The Bertz CT molecular complexity index is 743. The number of benzene rings is 2. The molecule has 0 heterocycles. The van der Waals surface area contributed by atoms with E-state index < -0.39 is 12.1 Å². The monoisotopic (exact) mass is 470 g/mol. The molecular formula is C24H33F3N2O4. The van der Waals surface area contributed by atoms with Crippen LogP contribution >= 0.6 is 0 Å². The highest BCUT2D eigenvalue weighted by atomic mass is 19.4. The summed E-state index contributed by atoms with van der Waals surface area (Å²) in [6.07, 6.45) is -0.614. The van der Waals surface area contributed by atoms with Gasteiger partial charge in [-0.2, -0.15) is 13.2 Å². The Morgan fingerprint density at radius 3 is 1.48 bits per heavy atom. The quantitative estimate of drug-likeness (QED) is 0.485. The van der Waals surface area contributed by atoms with Gasteiger partial charge in [0, 0.05) is 13.1 Å². The Balaban J connectivity index is 0.000000675. The van der Waals surface area contributed by atoms with Crippen LogP contribution in [0, 0.1) is 0 Å². The molecule has 0 aromatic heterocycles. The number of aliphatic carboxylic acids is 1. The number of carboxylic acid groups (broad SMARTS) is 1. The van der Waals surface area contributed by atoms with Crippen LogP contribution in [0.15, 0.2) is 48.5 Å². The summed E-state index contributed by atoms with van der Waals surface area (Å²) in [4.78, 5) is 11.4. The number of hydrogen-bond donors (Lipinski definition) is 2. The van der Waals surface area contributed by atoms with Crippen LogP contribution in [-0.4, -0.2) is 62.6 Å². The fraction of sp³-hybridized carbons (Fsp3) is 0.458.